The highest BCUT2D eigenvalue weighted by molar-refractivity contribution is 5.82. The Bertz CT molecular complexity index is 709. The van der Waals surface area contributed by atoms with E-state index in [9.17, 15) is 14.7 Å². The number of aliphatic hydroxyl groups excluding tert-OH is 1. The van der Waals surface area contributed by atoms with Crippen LogP contribution in [0, 0.1) is 45.3 Å². The number of rotatable bonds is 2. The average molecular weight is 387 g/mol. The van der Waals surface area contributed by atoms with E-state index in [2.05, 4.69) is 34.6 Å². The summed E-state index contributed by atoms with van der Waals surface area (Å²) in [6.07, 6.45) is 11.1. The maximum atomic E-state index is 12.1. The van der Waals surface area contributed by atoms with E-state index in [1.807, 2.05) is 6.08 Å². The zero-order chi connectivity index (χ0) is 20.5. The molecule has 156 valence electrons. The van der Waals surface area contributed by atoms with Gasteiger partial charge in [-0.2, -0.15) is 0 Å². The lowest BCUT2D eigenvalue weighted by atomic mass is 9.35. The van der Waals surface area contributed by atoms with Gasteiger partial charge in [0.2, 0.25) is 0 Å². The second kappa shape index (κ2) is 6.27. The molecule has 3 heteroatoms. The molecule has 28 heavy (non-hydrogen) atoms. The summed E-state index contributed by atoms with van der Waals surface area (Å²) in [7, 11) is 0. The molecule has 8 atom stereocenters. The predicted molar refractivity (Wildman–Crippen MR) is 111 cm³/mol. The number of hydrogen-bond donors (Lipinski definition) is 1. The summed E-state index contributed by atoms with van der Waals surface area (Å²) in [6.45, 7) is 11.9. The van der Waals surface area contributed by atoms with E-state index in [1.165, 1.54) is 32.1 Å². The fraction of sp³-hybridized carbons (Fsp3) is 0.840. The SMILES string of the molecule is CC1(C)CCC[C@]2(C)[C@H]3C[C@H](O)[C@]4(C)[C@@H](C=O)C(C=O)=CC[C@H]4[C@]3(C)CC[C@@H]12. The van der Waals surface area contributed by atoms with Gasteiger partial charge in [-0.3, -0.25) is 4.79 Å². The third-order valence-corrected chi connectivity index (χ3v) is 10.5. The van der Waals surface area contributed by atoms with Crippen molar-refractivity contribution in [3.8, 4) is 0 Å². The molecule has 0 heterocycles. The van der Waals surface area contributed by atoms with Crippen LogP contribution in [0.5, 0.6) is 0 Å². The highest BCUT2D eigenvalue weighted by atomic mass is 16.3. The summed E-state index contributed by atoms with van der Waals surface area (Å²) in [6, 6.07) is 0. The Kier molecular flexibility index (Phi) is 4.55. The Labute approximate surface area is 170 Å². The molecule has 0 aromatic carbocycles. The summed E-state index contributed by atoms with van der Waals surface area (Å²) < 4.78 is 0. The van der Waals surface area contributed by atoms with Crippen molar-refractivity contribution in [1.29, 1.82) is 0 Å². The van der Waals surface area contributed by atoms with Crippen LogP contribution in [0.25, 0.3) is 0 Å². The molecule has 3 saturated carbocycles. The summed E-state index contributed by atoms with van der Waals surface area (Å²) in [4.78, 5) is 23.7. The third kappa shape index (κ3) is 2.38. The van der Waals surface area contributed by atoms with Crippen molar-refractivity contribution in [1.82, 2.24) is 0 Å². The Morgan fingerprint density at radius 3 is 2.29 bits per heavy atom. The summed E-state index contributed by atoms with van der Waals surface area (Å²) >= 11 is 0. The zero-order valence-electron chi connectivity index (χ0n) is 18.3. The van der Waals surface area contributed by atoms with Crippen LogP contribution in [0.1, 0.15) is 79.6 Å². The van der Waals surface area contributed by atoms with E-state index >= 15 is 0 Å². The van der Waals surface area contributed by atoms with Crippen LogP contribution in [0.15, 0.2) is 11.6 Å². The van der Waals surface area contributed by atoms with Gasteiger partial charge in [0.1, 0.15) is 12.6 Å². The lowest BCUT2D eigenvalue weighted by molar-refractivity contribution is -0.231. The van der Waals surface area contributed by atoms with Gasteiger partial charge >= 0.3 is 0 Å². The zero-order valence-corrected chi connectivity index (χ0v) is 18.3. The number of aldehydes is 2. The molecule has 0 aliphatic heterocycles. The minimum Gasteiger partial charge on any atom is -0.393 e. The molecule has 0 amide bonds. The molecule has 4 aliphatic carbocycles. The monoisotopic (exact) mass is 386 g/mol. The van der Waals surface area contributed by atoms with Crippen molar-refractivity contribution < 1.29 is 14.7 Å². The minimum absolute atomic E-state index is 0.110. The molecule has 3 nitrogen and oxygen atoms in total. The fourth-order valence-corrected chi connectivity index (χ4v) is 9.10. The number of allylic oxidation sites excluding steroid dienone is 2. The molecule has 0 saturated heterocycles. The molecular weight excluding hydrogens is 348 g/mol. The van der Waals surface area contributed by atoms with Gasteiger partial charge in [-0.05, 0) is 78.1 Å². The maximum Gasteiger partial charge on any atom is 0.146 e. The standard InChI is InChI=1S/C25H38O3/c1-22(2)10-6-11-23(3)18(22)9-12-24(4)19-8-7-16(14-26)17(15-27)25(19,5)21(28)13-20(23)24/h7,14-15,17-21,28H,6,8-13H2,1-5H3/t17-,18-,19-,20+,21-,23-,24-,25+/m0/s1. The highest BCUT2D eigenvalue weighted by Gasteiger charge is 2.67. The molecular formula is C25H38O3. The predicted octanol–water partition coefficient (Wildman–Crippen LogP) is 4.97. The van der Waals surface area contributed by atoms with Crippen molar-refractivity contribution in [2.75, 3.05) is 0 Å². The first kappa shape index (κ1) is 20.3. The summed E-state index contributed by atoms with van der Waals surface area (Å²) in [5.41, 5.74) is 0.767. The lowest BCUT2D eigenvalue weighted by Crippen LogP contribution is -2.66. The smallest absolute Gasteiger partial charge is 0.146 e. The Hall–Kier alpha value is -0.960. The second-order valence-electron chi connectivity index (χ2n) is 11.8. The van der Waals surface area contributed by atoms with Crippen LogP contribution in [0.2, 0.25) is 0 Å². The molecule has 4 rings (SSSR count). The van der Waals surface area contributed by atoms with Crippen molar-refractivity contribution >= 4 is 12.6 Å². The lowest BCUT2D eigenvalue weighted by Gasteiger charge is -2.70. The average Bonchev–Trinajstić information content (AvgIpc) is 2.62. The van der Waals surface area contributed by atoms with Gasteiger partial charge in [-0.15, -0.1) is 0 Å². The van der Waals surface area contributed by atoms with Crippen LogP contribution in [0.4, 0.5) is 0 Å². The Morgan fingerprint density at radius 1 is 0.964 bits per heavy atom. The first-order valence-corrected chi connectivity index (χ1v) is 11.3. The van der Waals surface area contributed by atoms with E-state index in [0.29, 0.717) is 22.8 Å². The largest absolute Gasteiger partial charge is 0.393 e. The van der Waals surface area contributed by atoms with Crippen molar-refractivity contribution in [3.63, 3.8) is 0 Å². The third-order valence-electron chi connectivity index (χ3n) is 10.5. The Balaban J connectivity index is 1.81. The first-order chi connectivity index (χ1) is 13.1. The minimum atomic E-state index is -0.536. The van der Waals surface area contributed by atoms with Crippen LogP contribution in [-0.2, 0) is 9.59 Å². The second-order valence-corrected chi connectivity index (χ2v) is 11.8. The molecule has 0 aromatic rings. The van der Waals surface area contributed by atoms with E-state index in [1.54, 1.807) is 0 Å². The van der Waals surface area contributed by atoms with E-state index in [0.717, 1.165) is 25.4 Å². The molecule has 0 aromatic heterocycles. The molecule has 0 unspecified atom stereocenters. The van der Waals surface area contributed by atoms with Gasteiger partial charge < -0.3 is 9.90 Å². The molecule has 0 radical (unpaired) electrons. The quantitative estimate of drug-likeness (QED) is 0.682. The van der Waals surface area contributed by atoms with Gasteiger partial charge in [0, 0.05) is 5.41 Å². The normalized spacial score (nSPS) is 52.5. The fourth-order valence-electron chi connectivity index (χ4n) is 9.10. The van der Waals surface area contributed by atoms with Gasteiger partial charge in [0.25, 0.3) is 0 Å². The van der Waals surface area contributed by atoms with E-state index in [4.69, 9.17) is 0 Å². The first-order valence-electron chi connectivity index (χ1n) is 11.3. The molecule has 3 fully saturated rings. The summed E-state index contributed by atoms with van der Waals surface area (Å²) in [5, 5.41) is 11.5. The molecule has 0 spiro atoms. The van der Waals surface area contributed by atoms with Crippen LogP contribution < -0.4 is 0 Å². The molecule has 1 N–H and O–H groups in total. The van der Waals surface area contributed by atoms with Gasteiger partial charge in [0.15, 0.2) is 0 Å². The van der Waals surface area contributed by atoms with Crippen molar-refractivity contribution in [3.05, 3.63) is 11.6 Å². The number of carbonyl (C=O) groups excluding carboxylic acids is 2. The Morgan fingerprint density at radius 2 is 1.64 bits per heavy atom. The van der Waals surface area contributed by atoms with Crippen molar-refractivity contribution in [2.45, 2.75) is 85.7 Å². The maximum absolute atomic E-state index is 12.1. The number of fused-ring (bicyclic) bond motifs is 5. The van der Waals surface area contributed by atoms with Gasteiger partial charge in [-0.1, -0.05) is 47.1 Å². The van der Waals surface area contributed by atoms with Gasteiger partial charge in [0.05, 0.1) is 12.0 Å². The van der Waals surface area contributed by atoms with Gasteiger partial charge in [-0.25, -0.2) is 0 Å². The van der Waals surface area contributed by atoms with E-state index in [-0.39, 0.29) is 16.7 Å². The van der Waals surface area contributed by atoms with Crippen LogP contribution >= 0.6 is 0 Å². The number of aliphatic hydroxyl groups is 1. The number of carbonyl (C=O) groups is 2. The summed E-state index contributed by atoms with van der Waals surface area (Å²) in [5.74, 6) is 0.945. The van der Waals surface area contributed by atoms with Crippen LogP contribution in [-0.4, -0.2) is 23.8 Å². The number of hydrogen-bond acceptors (Lipinski definition) is 3. The molecule has 4 aliphatic rings. The van der Waals surface area contributed by atoms with Crippen LogP contribution in [0.3, 0.4) is 0 Å². The van der Waals surface area contributed by atoms with Crippen molar-refractivity contribution in [2.24, 2.45) is 45.3 Å². The topological polar surface area (TPSA) is 54.4 Å². The molecule has 0 bridgehead atoms. The highest BCUT2D eigenvalue weighted by Crippen LogP contribution is 2.72. The van der Waals surface area contributed by atoms with E-state index < -0.39 is 17.4 Å².